The van der Waals surface area contributed by atoms with E-state index in [1.807, 2.05) is 0 Å². The fourth-order valence-corrected chi connectivity index (χ4v) is 2.43. The Hall–Kier alpha value is -1.11. The lowest BCUT2D eigenvalue weighted by Crippen LogP contribution is -2.36. The Kier molecular flexibility index (Phi) is 6.64. The van der Waals surface area contributed by atoms with Gasteiger partial charge in [-0.25, -0.2) is 0 Å². The van der Waals surface area contributed by atoms with E-state index in [2.05, 4.69) is 0 Å². The Morgan fingerprint density at radius 2 is 1.57 bits per heavy atom. The monoisotopic (exact) mass is 326 g/mol. The second kappa shape index (κ2) is 7.77. The molecule has 1 rings (SSSR count). The van der Waals surface area contributed by atoms with Crippen LogP contribution >= 0.6 is 11.8 Å². The smallest absolute Gasteiger partial charge is 0.282 e. The van der Waals surface area contributed by atoms with Gasteiger partial charge in [0.05, 0.1) is 0 Å². The molecule has 0 heterocycles. The lowest BCUT2D eigenvalue weighted by molar-refractivity contribution is -0.284. The summed E-state index contributed by atoms with van der Waals surface area (Å²) in [6, 6.07) is 8.57. The molecule has 7 heteroatoms. The molecule has 0 saturated carbocycles. The van der Waals surface area contributed by atoms with E-state index in [1.54, 1.807) is 30.3 Å². The van der Waals surface area contributed by atoms with Crippen LogP contribution in [0.15, 0.2) is 30.3 Å². The van der Waals surface area contributed by atoms with E-state index in [0.29, 0.717) is 17.7 Å². The molecule has 0 aliphatic heterocycles. The number of benzene rings is 1. The third-order valence-corrected chi connectivity index (χ3v) is 3.78. The van der Waals surface area contributed by atoms with E-state index in [1.165, 1.54) is 0 Å². The van der Waals surface area contributed by atoms with Gasteiger partial charge in [-0.15, -0.1) is 0 Å². The maximum absolute atomic E-state index is 12.6. The molecule has 0 fully saturated rings. The van der Waals surface area contributed by atoms with Crippen LogP contribution in [-0.4, -0.2) is 23.0 Å². The van der Waals surface area contributed by atoms with Crippen LogP contribution in [0, 0.1) is 0 Å². The normalized spacial score (nSPS) is 12.4. The van der Waals surface area contributed by atoms with Gasteiger partial charge >= 0.3 is 12.1 Å². The van der Waals surface area contributed by atoms with Crippen molar-refractivity contribution in [3.8, 4) is 0 Å². The van der Waals surface area contributed by atoms with Crippen LogP contribution in [0.5, 0.6) is 0 Å². The Morgan fingerprint density at radius 3 is 2.14 bits per heavy atom. The van der Waals surface area contributed by atoms with Crippen LogP contribution in [0.2, 0.25) is 0 Å². The standard InChI is InChI=1S/C14H15F5OS/c15-13(16,14(17,18)19)9-5-2-6-10-21-12(20)11-7-3-1-4-8-11/h1,3-4,7-8H,2,5-6,9-10H2. The molecule has 0 radical (unpaired) electrons. The molecule has 0 aliphatic carbocycles. The third-order valence-electron chi connectivity index (χ3n) is 2.79. The summed E-state index contributed by atoms with van der Waals surface area (Å²) in [4.78, 5) is 11.7. The highest BCUT2D eigenvalue weighted by Gasteiger charge is 2.56. The first kappa shape index (κ1) is 17.9. The molecule has 21 heavy (non-hydrogen) atoms. The highest BCUT2D eigenvalue weighted by atomic mass is 32.2. The molecule has 0 bridgehead atoms. The van der Waals surface area contributed by atoms with Crippen molar-refractivity contribution in [1.82, 2.24) is 0 Å². The summed E-state index contributed by atoms with van der Waals surface area (Å²) in [5.74, 6) is -4.22. The fraction of sp³-hybridized carbons (Fsp3) is 0.500. The average molecular weight is 326 g/mol. The fourth-order valence-electron chi connectivity index (χ4n) is 1.59. The van der Waals surface area contributed by atoms with Crippen molar-refractivity contribution in [3.63, 3.8) is 0 Å². The molecule has 0 N–H and O–H groups in total. The van der Waals surface area contributed by atoms with Gasteiger partial charge in [0.1, 0.15) is 0 Å². The molecule has 118 valence electrons. The maximum atomic E-state index is 12.6. The SMILES string of the molecule is O=C(SCCCCCC(F)(F)C(F)(F)F)c1ccccc1. The second-order valence-electron chi connectivity index (χ2n) is 4.51. The van der Waals surface area contributed by atoms with Crippen molar-refractivity contribution in [2.45, 2.75) is 37.8 Å². The van der Waals surface area contributed by atoms with Crippen molar-refractivity contribution in [3.05, 3.63) is 35.9 Å². The minimum absolute atomic E-state index is 0.128. The largest absolute Gasteiger partial charge is 0.453 e. The minimum Gasteiger partial charge on any atom is -0.282 e. The first-order valence-electron chi connectivity index (χ1n) is 6.41. The predicted molar refractivity (Wildman–Crippen MR) is 72.7 cm³/mol. The molecule has 1 nitrogen and oxygen atoms in total. The Labute approximate surface area is 123 Å². The molecule has 1 aromatic carbocycles. The topological polar surface area (TPSA) is 17.1 Å². The van der Waals surface area contributed by atoms with Gasteiger partial charge in [-0.2, -0.15) is 22.0 Å². The van der Waals surface area contributed by atoms with Crippen LogP contribution in [0.25, 0.3) is 0 Å². The first-order valence-corrected chi connectivity index (χ1v) is 7.39. The Morgan fingerprint density at radius 1 is 0.952 bits per heavy atom. The molecule has 0 spiro atoms. The van der Waals surface area contributed by atoms with E-state index in [0.717, 1.165) is 11.8 Å². The summed E-state index contributed by atoms with van der Waals surface area (Å²) >= 11 is 1.04. The molecular formula is C14H15F5OS. The van der Waals surface area contributed by atoms with Gasteiger partial charge in [-0.3, -0.25) is 4.79 Å². The van der Waals surface area contributed by atoms with Gasteiger partial charge in [0.2, 0.25) is 5.12 Å². The van der Waals surface area contributed by atoms with Crippen molar-refractivity contribution in [1.29, 1.82) is 0 Å². The zero-order chi connectivity index (χ0) is 15.9. The summed E-state index contributed by atoms with van der Waals surface area (Å²) in [5.41, 5.74) is 0.547. The van der Waals surface area contributed by atoms with E-state index in [-0.39, 0.29) is 18.0 Å². The van der Waals surface area contributed by atoms with Gasteiger partial charge in [0.15, 0.2) is 0 Å². The molecule has 0 saturated heterocycles. The van der Waals surface area contributed by atoms with Crippen molar-refractivity contribution < 1.29 is 26.7 Å². The number of carbonyl (C=O) groups is 1. The Bertz CT molecular complexity index is 444. The van der Waals surface area contributed by atoms with E-state index in [9.17, 15) is 26.7 Å². The molecule has 0 aliphatic rings. The molecule has 0 atom stereocenters. The summed E-state index contributed by atoms with van der Waals surface area (Å²) in [6.45, 7) is 0. The van der Waals surface area contributed by atoms with E-state index < -0.39 is 18.5 Å². The molecule has 0 amide bonds. The second-order valence-corrected chi connectivity index (χ2v) is 5.58. The van der Waals surface area contributed by atoms with Crippen LogP contribution < -0.4 is 0 Å². The predicted octanol–water partition coefficient (Wildman–Crippen LogP) is 5.32. The average Bonchev–Trinajstić information content (AvgIpc) is 2.42. The zero-order valence-corrected chi connectivity index (χ0v) is 11.9. The van der Waals surface area contributed by atoms with Crippen LogP contribution in [0.4, 0.5) is 22.0 Å². The number of hydrogen-bond acceptors (Lipinski definition) is 2. The van der Waals surface area contributed by atoms with Crippen LogP contribution in [-0.2, 0) is 0 Å². The minimum atomic E-state index is -5.48. The van der Waals surface area contributed by atoms with Crippen LogP contribution in [0.1, 0.15) is 36.0 Å². The first-order chi connectivity index (χ1) is 9.74. The molecule has 0 unspecified atom stereocenters. The lowest BCUT2D eigenvalue weighted by Gasteiger charge is -2.19. The summed E-state index contributed by atoms with van der Waals surface area (Å²) in [6.07, 6.45) is -6.23. The lowest BCUT2D eigenvalue weighted by atomic mass is 10.1. The summed E-state index contributed by atoms with van der Waals surface area (Å²) in [7, 11) is 0. The zero-order valence-electron chi connectivity index (χ0n) is 11.1. The third kappa shape index (κ3) is 6.03. The highest BCUT2D eigenvalue weighted by Crippen LogP contribution is 2.39. The van der Waals surface area contributed by atoms with Gasteiger partial charge in [-0.05, 0) is 12.8 Å². The van der Waals surface area contributed by atoms with Gasteiger partial charge in [-0.1, -0.05) is 48.5 Å². The quantitative estimate of drug-likeness (QED) is 0.498. The summed E-state index contributed by atoms with van der Waals surface area (Å²) < 4.78 is 60.9. The van der Waals surface area contributed by atoms with Gasteiger partial charge in [0.25, 0.3) is 0 Å². The number of rotatable bonds is 7. The van der Waals surface area contributed by atoms with Gasteiger partial charge in [0, 0.05) is 17.7 Å². The van der Waals surface area contributed by atoms with Crippen molar-refractivity contribution in [2.24, 2.45) is 0 Å². The summed E-state index contributed by atoms with van der Waals surface area (Å²) in [5, 5.41) is -0.128. The number of hydrogen-bond donors (Lipinski definition) is 0. The van der Waals surface area contributed by atoms with E-state index >= 15 is 0 Å². The van der Waals surface area contributed by atoms with E-state index in [4.69, 9.17) is 0 Å². The molecule has 0 aromatic heterocycles. The number of carbonyl (C=O) groups excluding carboxylic acids is 1. The molecule has 1 aromatic rings. The maximum Gasteiger partial charge on any atom is 0.453 e. The number of unbranched alkanes of at least 4 members (excludes halogenated alkanes) is 2. The van der Waals surface area contributed by atoms with Crippen molar-refractivity contribution in [2.75, 3.05) is 5.75 Å². The van der Waals surface area contributed by atoms with Gasteiger partial charge < -0.3 is 0 Å². The highest BCUT2D eigenvalue weighted by molar-refractivity contribution is 8.14. The van der Waals surface area contributed by atoms with Crippen molar-refractivity contribution >= 4 is 16.9 Å². The number of alkyl halides is 5. The number of thioether (sulfide) groups is 1. The Balaban J connectivity index is 2.17. The number of halogens is 5. The van der Waals surface area contributed by atoms with Crippen LogP contribution in [0.3, 0.4) is 0 Å². The molecular weight excluding hydrogens is 311 g/mol.